The Morgan fingerprint density at radius 3 is 2.29 bits per heavy atom. The molecule has 1 heterocycles. The maximum absolute atomic E-state index is 13.6. The van der Waals surface area contributed by atoms with Crippen LogP contribution in [0.15, 0.2) is 83.7 Å². The van der Waals surface area contributed by atoms with Crippen LogP contribution >= 0.6 is 11.6 Å². The average molecular weight is 534 g/mol. The number of aromatic nitrogens is 2. The van der Waals surface area contributed by atoms with Crippen LogP contribution in [0.25, 0.3) is 10.9 Å². The van der Waals surface area contributed by atoms with E-state index in [0.29, 0.717) is 46.8 Å². The van der Waals surface area contributed by atoms with Crippen LogP contribution in [0.5, 0.6) is 0 Å². The Bertz CT molecular complexity index is 1420. The summed E-state index contributed by atoms with van der Waals surface area (Å²) in [6.07, 6.45) is -0.0830. The van der Waals surface area contributed by atoms with Gasteiger partial charge in [-0.1, -0.05) is 67.1 Å². The summed E-state index contributed by atoms with van der Waals surface area (Å²) in [4.78, 5) is 33.6. The quantitative estimate of drug-likeness (QED) is 0.253. The Labute approximate surface area is 227 Å². The largest absolute Gasteiger partial charge is 0.354 e. The van der Waals surface area contributed by atoms with Crippen LogP contribution in [-0.4, -0.2) is 54.0 Å². The number of carbonyl (C=O) groups excluding carboxylic acids is 1. The second-order valence-electron chi connectivity index (χ2n) is 9.35. The van der Waals surface area contributed by atoms with Crippen LogP contribution < -0.4 is 5.56 Å². The fourth-order valence-corrected chi connectivity index (χ4v) is 4.67. The number of amides is 1. The molecule has 38 heavy (non-hydrogen) atoms. The van der Waals surface area contributed by atoms with Gasteiger partial charge in [0.1, 0.15) is 5.82 Å². The Kier molecular flexibility index (Phi) is 9.29. The van der Waals surface area contributed by atoms with E-state index in [2.05, 4.69) is 0 Å². The van der Waals surface area contributed by atoms with E-state index in [1.165, 1.54) is 0 Å². The van der Waals surface area contributed by atoms with Crippen LogP contribution in [0.2, 0.25) is 5.02 Å². The third-order valence-corrected chi connectivity index (χ3v) is 6.68. The minimum Gasteiger partial charge on any atom is -0.354 e. The first-order valence-corrected chi connectivity index (χ1v) is 12.9. The lowest BCUT2D eigenvalue weighted by atomic mass is 10.0. The second-order valence-corrected chi connectivity index (χ2v) is 9.79. The van der Waals surface area contributed by atoms with Gasteiger partial charge >= 0.3 is 0 Å². The van der Waals surface area contributed by atoms with Crippen LogP contribution in [0.4, 0.5) is 0 Å². The van der Waals surface area contributed by atoms with Crippen molar-refractivity contribution in [1.29, 1.82) is 0 Å². The van der Waals surface area contributed by atoms with Crippen molar-refractivity contribution in [3.63, 3.8) is 0 Å². The SMILES string of the molecule is COC(CN(CC(C)Cc1nc2cc(Cl)ccc2c(=O)n1Cc1ccccc1)C(=O)c1ccccc1)OC. The summed E-state index contributed by atoms with van der Waals surface area (Å²) in [7, 11) is 3.10. The Hall–Kier alpha value is -3.52. The highest BCUT2D eigenvalue weighted by molar-refractivity contribution is 6.31. The number of hydrogen-bond donors (Lipinski definition) is 0. The second kappa shape index (κ2) is 12.8. The van der Waals surface area contributed by atoms with E-state index in [0.717, 1.165) is 5.56 Å². The molecule has 1 amide bonds. The number of nitrogens with zero attached hydrogens (tertiary/aromatic N) is 3. The highest BCUT2D eigenvalue weighted by atomic mass is 35.5. The van der Waals surface area contributed by atoms with Gasteiger partial charge in [-0.05, 0) is 41.8 Å². The van der Waals surface area contributed by atoms with Gasteiger partial charge < -0.3 is 14.4 Å². The minimum atomic E-state index is -0.563. The molecule has 0 radical (unpaired) electrons. The van der Waals surface area contributed by atoms with Crippen LogP contribution in [0, 0.1) is 5.92 Å². The highest BCUT2D eigenvalue weighted by Crippen LogP contribution is 2.19. The molecule has 0 fully saturated rings. The molecule has 0 saturated heterocycles. The lowest BCUT2D eigenvalue weighted by Crippen LogP contribution is -2.42. The molecule has 1 unspecified atom stereocenters. The van der Waals surface area contributed by atoms with Gasteiger partial charge in [0, 0.05) is 37.8 Å². The smallest absolute Gasteiger partial charge is 0.261 e. The predicted octanol–water partition coefficient (Wildman–Crippen LogP) is 5.04. The van der Waals surface area contributed by atoms with E-state index in [9.17, 15) is 9.59 Å². The Morgan fingerprint density at radius 1 is 0.974 bits per heavy atom. The summed E-state index contributed by atoms with van der Waals surface area (Å²) in [6, 6.07) is 24.1. The molecule has 0 aliphatic carbocycles. The molecular formula is C30H32ClN3O4. The number of carbonyl (C=O) groups is 1. The standard InChI is InChI=1S/C30H32ClN3O4/c1-21(18-33(20-28(37-2)38-3)29(35)23-12-8-5-9-13-23)16-27-32-26-17-24(31)14-15-25(26)30(36)34(27)19-22-10-6-4-7-11-22/h4-15,17,21,28H,16,18-20H2,1-3H3. The maximum atomic E-state index is 13.6. The first kappa shape index (κ1) is 27.5. The first-order chi connectivity index (χ1) is 18.4. The molecule has 4 rings (SSSR count). The average Bonchev–Trinajstić information content (AvgIpc) is 2.93. The van der Waals surface area contributed by atoms with Crippen molar-refractivity contribution in [2.24, 2.45) is 5.92 Å². The van der Waals surface area contributed by atoms with Gasteiger partial charge in [-0.3, -0.25) is 14.2 Å². The summed E-state index contributed by atoms with van der Waals surface area (Å²) >= 11 is 6.22. The van der Waals surface area contributed by atoms with Crippen molar-refractivity contribution in [2.45, 2.75) is 26.2 Å². The molecule has 198 valence electrons. The van der Waals surface area contributed by atoms with Crippen molar-refractivity contribution < 1.29 is 14.3 Å². The molecule has 0 aliphatic rings. The summed E-state index contributed by atoms with van der Waals surface area (Å²) in [5, 5.41) is 1.04. The molecule has 0 bridgehead atoms. The number of rotatable bonds is 11. The third-order valence-electron chi connectivity index (χ3n) is 6.45. The number of fused-ring (bicyclic) bond motifs is 1. The molecule has 0 spiro atoms. The van der Waals surface area contributed by atoms with Crippen molar-refractivity contribution >= 4 is 28.4 Å². The number of halogens is 1. The number of benzene rings is 3. The van der Waals surface area contributed by atoms with Gasteiger partial charge in [-0.15, -0.1) is 0 Å². The Balaban J connectivity index is 1.66. The van der Waals surface area contributed by atoms with Crippen molar-refractivity contribution in [3.8, 4) is 0 Å². The summed E-state index contributed by atoms with van der Waals surface area (Å²) in [5.41, 5.74) is 2.03. The van der Waals surface area contributed by atoms with Crippen molar-refractivity contribution in [2.75, 3.05) is 27.3 Å². The van der Waals surface area contributed by atoms with Crippen LogP contribution in [-0.2, 0) is 22.4 Å². The molecule has 8 heteroatoms. The third kappa shape index (κ3) is 6.67. The van der Waals surface area contributed by atoms with Crippen molar-refractivity contribution in [3.05, 3.63) is 111 Å². The predicted molar refractivity (Wildman–Crippen MR) is 150 cm³/mol. The van der Waals surface area contributed by atoms with Gasteiger partial charge in [-0.25, -0.2) is 4.98 Å². The highest BCUT2D eigenvalue weighted by Gasteiger charge is 2.23. The fourth-order valence-electron chi connectivity index (χ4n) is 4.51. The minimum absolute atomic E-state index is 0.0254. The van der Waals surface area contributed by atoms with Gasteiger partial charge in [0.05, 0.1) is 24.0 Å². The summed E-state index contributed by atoms with van der Waals surface area (Å²) in [6.45, 7) is 3.13. The topological polar surface area (TPSA) is 73.7 Å². The molecule has 7 nitrogen and oxygen atoms in total. The van der Waals surface area contributed by atoms with E-state index >= 15 is 0 Å². The first-order valence-electron chi connectivity index (χ1n) is 12.5. The van der Waals surface area contributed by atoms with E-state index in [1.54, 1.807) is 54.0 Å². The van der Waals surface area contributed by atoms with E-state index in [1.807, 2.05) is 55.5 Å². The fraction of sp³-hybridized carbons (Fsp3) is 0.300. The summed E-state index contributed by atoms with van der Waals surface area (Å²) in [5.74, 6) is 0.502. The number of hydrogen-bond acceptors (Lipinski definition) is 5. The number of ether oxygens (including phenoxy) is 2. The van der Waals surface area contributed by atoms with E-state index < -0.39 is 6.29 Å². The lowest BCUT2D eigenvalue weighted by molar-refractivity contribution is -0.112. The van der Waals surface area contributed by atoms with Crippen LogP contribution in [0.3, 0.4) is 0 Å². The maximum Gasteiger partial charge on any atom is 0.261 e. The zero-order valence-electron chi connectivity index (χ0n) is 21.8. The molecule has 0 N–H and O–H groups in total. The molecule has 1 atom stereocenters. The number of methoxy groups -OCH3 is 2. The van der Waals surface area contributed by atoms with Gasteiger partial charge in [0.15, 0.2) is 6.29 Å². The van der Waals surface area contributed by atoms with Gasteiger partial charge in [0.25, 0.3) is 11.5 Å². The molecule has 0 aliphatic heterocycles. The van der Waals surface area contributed by atoms with Crippen LogP contribution in [0.1, 0.15) is 28.7 Å². The molecule has 0 saturated carbocycles. The lowest BCUT2D eigenvalue weighted by Gasteiger charge is -2.29. The molecule has 1 aromatic heterocycles. The summed E-state index contributed by atoms with van der Waals surface area (Å²) < 4.78 is 12.5. The molecule has 3 aromatic carbocycles. The van der Waals surface area contributed by atoms with E-state index in [-0.39, 0.29) is 23.9 Å². The Morgan fingerprint density at radius 2 is 1.63 bits per heavy atom. The molecular weight excluding hydrogens is 502 g/mol. The monoisotopic (exact) mass is 533 g/mol. The van der Waals surface area contributed by atoms with Crippen molar-refractivity contribution in [1.82, 2.24) is 14.5 Å². The normalized spacial score (nSPS) is 12.1. The zero-order valence-corrected chi connectivity index (χ0v) is 22.6. The zero-order chi connectivity index (χ0) is 27.1. The molecule has 4 aromatic rings. The van der Waals surface area contributed by atoms with Gasteiger partial charge in [-0.2, -0.15) is 0 Å². The van der Waals surface area contributed by atoms with E-state index in [4.69, 9.17) is 26.1 Å². The van der Waals surface area contributed by atoms with Gasteiger partial charge in [0.2, 0.25) is 0 Å².